The SMILES string of the molecule is Cc1c(C(=O)N2CCCCC2CN)oc2ccc(Br)cc12.Cl. The van der Waals surface area contributed by atoms with E-state index in [4.69, 9.17) is 10.2 Å². The second-order valence-corrected chi connectivity index (χ2v) is 6.50. The molecular formula is C16H20BrClN2O2. The third-order valence-corrected chi connectivity index (χ3v) is 4.75. The van der Waals surface area contributed by atoms with Crippen LogP contribution >= 0.6 is 28.3 Å². The largest absolute Gasteiger partial charge is 0.451 e. The molecule has 22 heavy (non-hydrogen) atoms. The Hall–Kier alpha value is -1.04. The van der Waals surface area contributed by atoms with Gasteiger partial charge in [-0.3, -0.25) is 4.79 Å². The topological polar surface area (TPSA) is 59.5 Å². The van der Waals surface area contributed by atoms with E-state index in [0.29, 0.717) is 12.3 Å². The van der Waals surface area contributed by atoms with E-state index in [1.807, 2.05) is 30.0 Å². The number of nitrogens with zero attached hydrogens (tertiary/aromatic N) is 1. The Balaban J connectivity index is 0.00000176. The van der Waals surface area contributed by atoms with E-state index >= 15 is 0 Å². The molecule has 1 saturated heterocycles. The van der Waals surface area contributed by atoms with Gasteiger partial charge >= 0.3 is 0 Å². The van der Waals surface area contributed by atoms with Crippen LogP contribution in [0.4, 0.5) is 0 Å². The molecule has 0 spiro atoms. The number of aryl methyl sites for hydroxylation is 1. The van der Waals surface area contributed by atoms with Crippen LogP contribution < -0.4 is 5.73 Å². The second-order valence-electron chi connectivity index (χ2n) is 5.58. The second kappa shape index (κ2) is 7.02. The number of hydrogen-bond acceptors (Lipinski definition) is 3. The predicted molar refractivity (Wildman–Crippen MR) is 93.6 cm³/mol. The van der Waals surface area contributed by atoms with Gasteiger partial charge in [0, 0.05) is 34.6 Å². The van der Waals surface area contributed by atoms with Crippen molar-refractivity contribution in [3.05, 3.63) is 34.0 Å². The average Bonchev–Trinajstić information content (AvgIpc) is 2.83. The highest BCUT2D eigenvalue weighted by Crippen LogP contribution is 2.30. The summed E-state index contributed by atoms with van der Waals surface area (Å²) in [4.78, 5) is 14.7. The third-order valence-electron chi connectivity index (χ3n) is 4.25. The van der Waals surface area contributed by atoms with E-state index in [2.05, 4.69) is 15.9 Å². The van der Waals surface area contributed by atoms with E-state index in [1.165, 1.54) is 0 Å². The van der Waals surface area contributed by atoms with E-state index in [9.17, 15) is 4.79 Å². The molecule has 0 bridgehead atoms. The van der Waals surface area contributed by atoms with E-state index in [-0.39, 0.29) is 24.4 Å². The van der Waals surface area contributed by atoms with Gasteiger partial charge in [0.15, 0.2) is 5.76 Å². The number of halogens is 2. The van der Waals surface area contributed by atoms with Crippen LogP contribution in [-0.4, -0.2) is 29.9 Å². The molecule has 2 N–H and O–H groups in total. The summed E-state index contributed by atoms with van der Waals surface area (Å²) in [7, 11) is 0. The van der Waals surface area contributed by atoms with Gasteiger partial charge in [-0.1, -0.05) is 15.9 Å². The molecular weight excluding hydrogens is 368 g/mol. The molecule has 1 atom stereocenters. The van der Waals surface area contributed by atoms with Gasteiger partial charge in [0.2, 0.25) is 0 Å². The summed E-state index contributed by atoms with van der Waals surface area (Å²) in [6, 6.07) is 5.93. The summed E-state index contributed by atoms with van der Waals surface area (Å²) >= 11 is 3.46. The van der Waals surface area contributed by atoms with Gasteiger partial charge in [-0.15, -0.1) is 12.4 Å². The van der Waals surface area contributed by atoms with E-state index < -0.39 is 0 Å². The number of benzene rings is 1. The Kier molecular flexibility index (Phi) is 5.53. The Bertz CT molecular complexity index is 686. The van der Waals surface area contributed by atoms with Crippen molar-refractivity contribution in [2.75, 3.05) is 13.1 Å². The standard InChI is InChI=1S/C16H19BrN2O2.ClH/c1-10-13-8-11(17)5-6-14(13)21-15(10)16(20)19-7-3-2-4-12(19)9-18;/h5-6,8,12H,2-4,7,9,18H2,1H3;1H. The number of carbonyl (C=O) groups excluding carboxylic acids is 1. The van der Waals surface area contributed by atoms with Crippen LogP contribution in [0.15, 0.2) is 27.1 Å². The van der Waals surface area contributed by atoms with Crippen LogP contribution in [0.1, 0.15) is 35.4 Å². The average molecular weight is 388 g/mol. The summed E-state index contributed by atoms with van der Waals surface area (Å²) in [6.45, 7) is 3.21. The number of piperidine rings is 1. The molecule has 1 aromatic carbocycles. The molecule has 0 radical (unpaired) electrons. The first kappa shape index (κ1) is 17.3. The Morgan fingerprint density at radius 2 is 2.23 bits per heavy atom. The number of likely N-dealkylation sites (tertiary alicyclic amines) is 1. The van der Waals surface area contributed by atoms with Crippen molar-refractivity contribution >= 4 is 45.2 Å². The summed E-state index contributed by atoms with van der Waals surface area (Å²) in [5, 5.41) is 0.981. The molecule has 1 amide bonds. The molecule has 6 heteroatoms. The van der Waals surface area contributed by atoms with Crippen molar-refractivity contribution in [1.29, 1.82) is 0 Å². The molecule has 1 unspecified atom stereocenters. The lowest BCUT2D eigenvalue weighted by molar-refractivity contribution is 0.0592. The van der Waals surface area contributed by atoms with Crippen molar-refractivity contribution in [1.82, 2.24) is 4.90 Å². The fourth-order valence-corrected chi connectivity index (χ4v) is 3.40. The van der Waals surface area contributed by atoms with Gasteiger partial charge in [-0.25, -0.2) is 0 Å². The summed E-state index contributed by atoms with van der Waals surface area (Å²) in [5.74, 6) is 0.415. The highest BCUT2D eigenvalue weighted by molar-refractivity contribution is 9.10. The van der Waals surface area contributed by atoms with Crippen LogP contribution in [0, 0.1) is 6.92 Å². The number of amides is 1. The zero-order valence-electron chi connectivity index (χ0n) is 12.5. The quantitative estimate of drug-likeness (QED) is 0.850. The number of carbonyl (C=O) groups is 1. The van der Waals surface area contributed by atoms with Crippen LogP contribution in [0.25, 0.3) is 11.0 Å². The third kappa shape index (κ3) is 3.03. The first-order valence-electron chi connectivity index (χ1n) is 7.31. The van der Waals surface area contributed by atoms with Crippen molar-refractivity contribution in [3.8, 4) is 0 Å². The summed E-state index contributed by atoms with van der Waals surface area (Å²) in [6.07, 6.45) is 3.15. The fourth-order valence-electron chi connectivity index (χ4n) is 3.04. The Morgan fingerprint density at radius 3 is 2.95 bits per heavy atom. The van der Waals surface area contributed by atoms with Gasteiger partial charge in [0.25, 0.3) is 5.91 Å². The van der Waals surface area contributed by atoms with Crippen LogP contribution in [0.2, 0.25) is 0 Å². The molecule has 1 aliphatic rings. The van der Waals surface area contributed by atoms with Crippen molar-refractivity contribution in [3.63, 3.8) is 0 Å². The predicted octanol–water partition coefficient (Wildman–Crippen LogP) is 3.88. The Labute approximate surface area is 144 Å². The molecule has 1 fully saturated rings. The maximum absolute atomic E-state index is 12.8. The van der Waals surface area contributed by atoms with E-state index in [1.54, 1.807) is 0 Å². The lowest BCUT2D eigenvalue weighted by Crippen LogP contribution is -2.47. The summed E-state index contributed by atoms with van der Waals surface area (Å²) < 4.78 is 6.79. The van der Waals surface area contributed by atoms with Crippen LogP contribution in [0.5, 0.6) is 0 Å². The van der Waals surface area contributed by atoms with E-state index in [0.717, 1.165) is 46.8 Å². The highest BCUT2D eigenvalue weighted by Gasteiger charge is 2.30. The molecule has 1 aromatic heterocycles. The number of fused-ring (bicyclic) bond motifs is 1. The molecule has 3 rings (SSSR count). The Morgan fingerprint density at radius 1 is 1.45 bits per heavy atom. The molecule has 0 saturated carbocycles. The van der Waals surface area contributed by atoms with Crippen molar-refractivity contribution in [2.45, 2.75) is 32.2 Å². The number of hydrogen-bond donors (Lipinski definition) is 1. The normalized spacial score (nSPS) is 18.3. The smallest absolute Gasteiger partial charge is 0.290 e. The van der Waals surface area contributed by atoms with Gasteiger partial charge in [-0.2, -0.15) is 0 Å². The zero-order valence-corrected chi connectivity index (χ0v) is 14.9. The van der Waals surface area contributed by atoms with Gasteiger partial charge in [0.1, 0.15) is 5.58 Å². The minimum absolute atomic E-state index is 0. The monoisotopic (exact) mass is 386 g/mol. The lowest BCUT2D eigenvalue weighted by atomic mass is 10.0. The number of furan rings is 1. The number of rotatable bonds is 2. The number of nitrogens with two attached hydrogens (primary N) is 1. The van der Waals surface area contributed by atoms with Gasteiger partial charge in [-0.05, 0) is 44.4 Å². The fraction of sp³-hybridized carbons (Fsp3) is 0.438. The lowest BCUT2D eigenvalue weighted by Gasteiger charge is -2.34. The zero-order chi connectivity index (χ0) is 15.0. The molecule has 120 valence electrons. The van der Waals surface area contributed by atoms with Gasteiger partial charge < -0.3 is 15.1 Å². The minimum Gasteiger partial charge on any atom is -0.451 e. The summed E-state index contributed by atoms with van der Waals surface area (Å²) in [5.41, 5.74) is 7.46. The highest BCUT2D eigenvalue weighted by atomic mass is 79.9. The van der Waals surface area contributed by atoms with Crippen molar-refractivity contribution in [2.24, 2.45) is 5.73 Å². The first-order chi connectivity index (χ1) is 10.1. The molecule has 1 aliphatic heterocycles. The van der Waals surface area contributed by atoms with Crippen LogP contribution in [-0.2, 0) is 0 Å². The maximum Gasteiger partial charge on any atom is 0.290 e. The first-order valence-corrected chi connectivity index (χ1v) is 8.11. The molecule has 4 nitrogen and oxygen atoms in total. The molecule has 2 aromatic rings. The molecule has 0 aliphatic carbocycles. The molecule has 2 heterocycles. The van der Waals surface area contributed by atoms with Gasteiger partial charge in [0.05, 0.1) is 0 Å². The maximum atomic E-state index is 12.8. The van der Waals surface area contributed by atoms with Crippen molar-refractivity contribution < 1.29 is 9.21 Å². The minimum atomic E-state index is -0.0324. The van der Waals surface area contributed by atoms with Crippen LogP contribution in [0.3, 0.4) is 0 Å².